The minimum absolute atomic E-state index is 0.139. The first kappa shape index (κ1) is 14.4. The lowest BCUT2D eigenvalue weighted by atomic mass is 9.86. The van der Waals surface area contributed by atoms with Gasteiger partial charge in [0, 0.05) is 6.04 Å². The lowest BCUT2D eigenvalue weighted by Crippen LogP contribution is -2.35. The molecule has 1 saturated heterocycles. The van der Waals surface area contributed by atoms with E-state index in [9.17, 15) is 0 Å². The Balaban J connectivity index is 1.88. The second-order valence-electron chi connectivity index (χ2n) is 6.53. The SMILES string of the molecule is CC(C)(C)c1ccccc1OCC[C@@H]1CCCCN1. The molecule has 2 rings (SSSR count). The summed E-state index contributed by atoms with van der Waals surface area (Å²) < 4.78 is 6.03. The van der Waals surface area contributed by atoms with Crippen LogP contribution in [0.1, 0.15) is 52.0 Å². The Labute approximate surface area is 117 Å². The van der Waals surface area contributed by atoms with Gasteiger partial charge in [0.15, 0.2) is 0 Å². The van der Waals surface area contributed by atoms with Crippen molar-refractivity contribution in [2.45, 2.75) is 57.9 Å². The highest BCUT2D eigenvalue weighted by Gasteiger charge is 2.18. The molecule has 0 spiro atoms. The molecule has 0 amide bonds. The maximum absolute atomic E-state index is 6.03. The van der Waals surface area contributed by atoms with Crippen molar-refractivity contribution in [3.05, 3.63) is 29.8 Å². The van der Waals surface area contributed by atoms with Crippen molar-refractivity contribution in [2.75, 3.05) is 13.2 Å². The summed E-state index contributed by atoms with van der Waals surface area (Å²) in [5, 5.41) is 3.57. The van der Waals surface area contributed by atoms with E-state index < -0.39 is 0 Å². The molecule has 2 nitrogen and oxygen atoms in total. The van der Waals surface area contributed by atoms with E-state index in [0.29, 0.717) is 6.04 Å². The summed E-state index contributed by atoms with van der Waals surface area (Å²) in [6, 6.07) is 9.07. The highest BCUT2D eigenvalue weighted by atomic mass is 16.5. The number of nitrogens with one attached hydrogen (secondary N) is 1. The average Bonchev–Trinajstić information content (AvgIpc) is 2.39. The van der Waals surface area contributed by atoms with Crippen LogP contribution in [0.2, 0.25) is 0 Å². The van der Waals surface area contributed by atoms with E-state index in [0.717, 1.165) is 18.8 Å². The third-order valence-corrected chi connectivity index (χ3v) is 3.83. The van der Waals surface area contributed by atoms with Crippen molar-refractivity contribution >= 4 is 0 Å². The second-order valence-corrected chi connectivity index (χ2v) is 6.53. The van der Waals surface area contributed by atoms with Crippen molar-refractivity contribution in [3.8, 4) is 5.75 Å². The number of piperidine rings is 1. The topological polar surface area (TPSA) is 21.3 Å². The van der Waals surface area contributed by atoms with Crippen LogP contribution in [0.15, 0.2) is 24.3 Å². The number of benzene rings is 1. The fourth-order valence-corrected chi connectivity index (χ4v) is 2.69. The Morgan fingerprint density at radius 2 is 2.00 bits per heavy atom. The molecule has 0 radical (unpaired) electrons. The molecule has 1 aliphatic rings. The fraction of sp³-hybridized carbons (Fsp3) is 0.647. The van der Waals surface area contributed by atoms with Crippen LogP contribution in [0.5, 0.6) is 5.75 Å². The van der Waals surface area contributed by atoms with E-state index >= 15 is 0 Å². The van der Waals surface area contributed by atoms with Gasteiger partial charge in [-0.3, -0.25) is 0 Å². The summed E-state index contributed by atoms with van der Waals surface area (Å²) in [4.78, 5) is 0. The quantitative estimate of drug-likeness (QED) is 0.887. The Hall–Kier alpha value is -1.02. The van der Waals surface area contributed by atoms with Gasteiger partial charge in [0.05, 0.1) is 6.61 Å². The molecule has 19 heavy (non-hydrogen) atoms. The van der Waals surface area contributed by atoms with Crippen molar-refractivity contribution < 1.29 is 4.74 Å². The monoisotopic (exact) mass is 261 g/mol. The van der Waals surface area contributed by atoms with Crippen LogP contribution in [-0.4, -0.2) is 19.2 Å². The summed E-state index contributed by atoms with van der Waals surface area (Å²) in [5.41, 5.74) is 1.44. The zero-order valence-electron chi connectivity index (χ0n) is 12.5. The van der Waals surface area contributed by atoms with Crippen molar-refractivity contribution in [1.82, 2.24) is 5.32 Å². The van der Waals surface area contributed by atoms with Gasteiger partial charge in [-0.15, -0.1) is 0 Å². The molecule has 1 aromatic carbocycles. The van der Waals surface area contributed by atoms with Gasteiger partial charge in [-0.1, -0.05) is 45.4 Å². The minimum Gasteiger partial charge on any atom is -0.493 e. The number of hydrogen-bond acceptors (Lipinski definition) is 2. The molecule has 0 unspecified atom stereocenters. The van der Waals surface area contributed by atoms with Gasteiger partial charge in [-0.25, -0.2) is 0 Å². The maximum Gasteiger partial charge on any atom is 0.123 e. The van der Waals surface area contributed by atoms with Gasteiger partial charge >= 0.3 is 0 Å². The zero-order valence-corrected chi connectivity index (χ0v) is 12.5. The van der Waals surface area contributed by atoms with Gasteiger partial charge < -0.3 is 10.1 Å². The van der Waals surface area contributed by atoms with E-state index in [4.69, 9.17) is 4.74 Å². The summed E-state index contributed by atoms with van der Waals surface area (Å²) in [5.74, 6) is 1.05. The second kappa shape index (κ2) is 6.42. The molecule has 1 N–H and O–H groups in total. The van der Waals surface area contributed by atoms with E-state index in [1.807, 2.05) is 0 Å². The summed E-state index contributed by atoms with van der Waals surface area (Å²) in [7, 11) is 0. The third-order valence-electron chi connectivity index (χ3n) is 3.83. The molecule has 1 atom stereocenters. The molecule has 106 valence electrons. The smallest absolute Gasteiger partial charge is 0.123 e. The van der Waals surface area contributed by atoms with E-state index in [2.05, 4.69) is 50.4 Å². The van der Waals surface area contributed by atoms with Crippen LogP contribution in [0.25, 0.3) is 0 Å². The number of rotatable bonds is 4. The predicted molar refractivity (Wildman–Crippen MR) is 80.9 cm³/mol. The predicted octanol–water partition coefficient (Wildman–Crippen LogP) is 3.90. The molecular formula is C17H27NO. The largest absolute Gasteiger partial charge is 0.493 e. The Kier molecular flexibility index (Phi) is 4.87. The van der Waals surface area contributed by atoms with Crippen molar-refractivity contribution in [1.29, 1.82) is 0 Å². The maximum atomic E-state index is 6.03. The van der Waals surface area contributed by atoms with Crippen LogP contribution in [0, 0.1) is 0 Å². The molecule has 1 fully saturated rings. The Bertz CT molecular complexity index is 388. The van der Waals surface area contributed by atoms with Gasteiger partial charge in [0.2, 0.25) is 0 Å². The van der Waals surface area contributed by atoms with Crippen molar-refractivity contribution in [2.24, 2.45) is 0 Å². The lowest BCUT2D eigenvalue weighted by Gasteiger charge is -2.25. The lowest BCUT2D eigenvalue weighted by molar-refractivity contribution is 0.263. The number of hydrogen-bond donors (Lipinski definition) is 1. The number of ether oxygens (including phenoxy) is 1. The first-order valence-electron chi connectivity index (χ1n) is 7.53. The summed E-state index contributed by atoms with van der Waals surface area (Å²) in [6.45, 7) is 8.68. The zero-order chi connectivity index (χ0) is 13.7. The van der Waals surface area contributed by atoms with E-state index in [1.54, 1.807) is 0 Å². The standard InChI is InChI=1S/C17H27NO/c1-17(2,3)15-9-4-5-10-16(15)19-13-11-14-8-6-7-12-18-14/h4-5,9-10,14,18H,6-8,11-13H2,1-3H3/t14-/m0/s1. The van der Waals surface area contributed by atoms with Gasteiger partial charge in [-0.05, 0) is 42.9 Å². The molecule has 0 saturated carbocycles. The van der Waals surface area contributed by atoms with E-state index in [1.165, 1.54) is 31.4 Å². The van der Waals surface area contributed by atoms with Crippen LogP contribution < -0.4 is 10.1 Å². The molecule has 1 aliphatic heterocycles. The molecule has 2 heteroatoms. The molecule has 0 bridgehead atoms. The first-order chi connectivity index (χ1) is 9.07. The van der Waals surface area contributed by atoms with Gasteiger partial charge in [0.1, 0.15) is 5.75 Å². The molecular weight excluding hydrogens is 234 g/mol. The van der Waals surface area contributed by atoms with E-state index in [-0.39, 0.29) is 5.41 Å². The molecule has 1 heterocycles. The van der Waals surface area contributed by atoms with Crippen LogP contribution in [-0.2, 0) is 5.41 Å². The first-order valence-corrected chi connectivity index (χ1v) is 7.53. The van der Waals surface area contributed by atoms with Gasteiger partial charge in [0.25, 0.3) is 0 Å². The van der Waals surface area contributed by atoms with Crippen molar-refractivity contribution in [3.63, 3.8) is 0 Å². The normalized spacial score (nSPS) is 20.3. The Morgan fingerprint density at radius 1 is 1.21 bits per heavy atom. The molecule has 0 aromatic heterocycles. The Morgan fingerprint density at radius 3 is 2.68 bits per heavy atom. The fourth-order valence-electron chi connectivity index (χ4n) is 2.69. The number of para-hydroxylation sites is 1. The highest BCUT2D eigenvalue weighted by molar-refractivity contribution is 5.38. The average molecular weight is 261 g/mol. The van der Waals surface area contributed by atoms with Crippen LogP contribution >= 0.6 is 0 Å². The van der Waals surface area contributed by atoms with Crippen LogP contribution in [0.4, 0.5) is 0 Å². The highest BCUT2D eigenvalue weighted by Crippen LogP contribution is 2.31. The van der Waals surface area contributed by atoms with Gasteiger partial charge in [-0.2, -0.15) is 0 Å². The molecule has 0 aliphatic carbocycles. The summed E-state index contributed by atoms with van der Waals surface area (Å²) in [6.07, 6.45) is 5.09. The summed E-state index contributed by atoms with van der Waals surface area (Å²) >= 11 is 0. The van der Waals surface area contributed by atoms with Crippen LogP contribution in [0.3, 0.4) is 0 Å². The minimum atomic E-state index is 0.139. The molecule has 1 aromatic rings. The third kappa shape index (κ3) is 4.24.